The van der Waals surface area contributed by atoms with E-state index in [0.717, 1.165) is 0 Å². The van der Waals surface area contributed by atoms with Gasteiger partial charge in [-0.25, -0.2) is 4.21 Å². The molecule has 0 heterocycles. The van der Waals surface area contributed by atoms with Gasteiger partial charge >= 0.3 is 0 Å². The Morgan fingerprint density at radius 1 is 1.53 bits per heavy atom. The summed E-state index contributed by atoms with van der Waals surface area (Å²) in [6.07, 6.45) is 0.0102. The van der Waals surface area contributed by atoms with Crippen molar-refractivity contribution in [3.8, 4) is 5.75 Å². The summed E-state index contributed by atoms with van der Waals surface area (Å²) in [5.41, 5.74) is 0.669. The second-order valence-corrected chi connectivity index (χ2v) is 3.47. The molecule has 0 saturated heterocycles. The van der Waals surface area contributed by atoms with Gasteiger partial charge in [0.1, 0.15) is 5.75 Å². The molecule has 0 saturated carbocycles. The lowest BCUT2D eigenvalue weighted by molar-refractivity contribution is -0.118. The van der Waals surface area contributed by atoms with E-state index in [2.05, 4.69) is 0 Å². The molecular weight excluding hydrogens is 218 g/mol. The van der Waals surface area contributed by atoms with Gasteiger partial charge in [0.15, 0.2) is 0 Å². The first-order valence-electron chi connectivity index (χ1n) is 4.15. The maximum Gasteiger partial charge on any atom is 0.261 e. The fraction of sp³-hybridized carbons (Fsp3) is 0.222. The molecule has 15 heavy (non-hydrogen) atoms. The Kier molecular flexibility index (Phi) is 4.26. The van der Waals surface area contributed by atoms with Crippen LogP contribution in [0.4, 0.5) is 0 Å². The number of rotatable bonds is 4. The van der Waals surface area contributed by atoms with E-state index < -0.39 is 17.2 Å². The van der Waals surface area contributed by atoms with Crippen LogP contribution >= 0.6 is 0 Å². The minimum absolute atomic E-state index is 0.0102. The zero-order chi connectivity index (χ0) is 11.3. The topological polar surface area (TPSA) is 75.6 Å². The average molecular weight is 229 g/mol. The molecule has 0 aliphatic carbocycles. The van der Waals surface area contributed by atoms with Crippen LogP contribution in [-0.4, -0.2) is 21.8 Å². The fourth-order valence-electron chi connectivity index (χ4n) is 1.16. The van der Waals surface area contributed by atoms with Crippen molar-refractivity contribution >= 4 is 17.2 Å². The first kappa shape index (κ1) is 11.7. The maximum absolute atomic E-state index is 11.2. The zero-order valence-corrected chi connectivity index (χ0v) is 8.91. The third kappa shape index (κ3) is 3.69. The van der Waals surface area contributed by atoms with Crippen molar-refractivity contribution in [3.63, 3.8) is 0 Å². The molecule has 0 aromatic heterocycles. The van der Waals surface area contributed by atoms with Crippen LogP contribution in [-0.2, 0) is 22.5 Å². The minimum Gasteiger partial charge on any atom is -0.496 e. The largest absolute Gasteiger partial charge is 0.496 e. The number of carbonyl (C=O) groups is 1. The molecule has 1 rings (SSSR count). The Labute approximate surface area is 89.9 Å². The molecule has 1 amide bonds. The summed E-state index contributed by atoms with van der Waals surface area (Å²) in [5, 5.41) is 0. The molecule has 0 spiro atoms. The van der Waals surface area contributed by atoms with Gasteiger partial charge in [-0.15, -0.1) is 0 Å². The van der Waals surface area contributed by atoms with Crippen LogP contribution in [0.1, 0.15) is 5.56 Å². The third-order valence-corrected chi connectivity index (χ3v) is 2.15. The summed E-state index contributed by atoms with van der Waals surface area (Å²) < 4.78 is 25.6. The number of carbonyl (C=O) groups excluding carboxylic acids is 1. The Bertz CT molecular complexity index is 380. The highest BCUT2D eigenvalue weighted by atomic mass is 32.2. The summed E-state index contributed by atoms with van der Waals surface area (Å²) in [5.74, 6) is 0.0525. The smallest absolute Gasteiger partial charge is 0.261 e. The number of para-hydroxylation sites is 1. The quantitative estimate of drug-likeness (QED) is 0.737. The summed E-state index contributed by atoms with van der Waals surface area (Å²) in [6.45, 7) is 0. The number of amides is 1. The van der Waals surface area contributed by atoms with E-state index in [9.17, 15) is 9.00 Å². The molecule has 2 N–H and O–H groups in total. The predicted octanol–water partition coefficient (Wildman–Crippen LogP) is 0.491. The van der Waals surface area contributed by atoms with E-state index in [1.54, 1.807) is 24.3 Å². The minimum atomic E-state index is -2.32. The molecule has 1 aromatic carbocycles. The van der Waals surface area contributed by atoms with Crippen molar-refractivity contribution in [1.82, 2.24) is 4.72 Å². The van der Waals surface area contributed by atoms with Gasteiger partial charge in [-0.2, -0.15) is 0 Å². The van der Waals surface area contributed by atoms with Crippen LogP contribution in [0.3, 0.4) is 0 Å². The first-order valence-corrected chi connectivity index (χ1v) is 5.26. The van der Waals surface area contributed by atoms with Gasteiger partial charge in [0.25, 0.3) is 11.3 Å². The van der Waals surface area contributed by atoms with Crippen molar-refractivity contribution in [2.45, 2.75) is 6.42 Å². The second kappa shape index (κ2) is 5.47. The van der Waals surface area contributed by atoms with Gasteiger partial charge in [-0.3, -0.25) is 14.1 Å². The normalized spacial score (nSPS) is 11.9. The van der Waals surface area contributed by atoms with Crippen LogP contribution in [0.15, 0.2) is 24.3 Å². The Hall–Kier alpha value is -1.40. The lowest BCUT2D eigenvalue weighted by atomic mass is 10.1. The molecule has 82 valence electrons. The van der Waals surface area contributed by atoms with Crippen molar-refractivity contribution in [1.29, 1.82) is 0 Å². The molecule has 0 aliphatic heterocycles. The lowest BCUT2D eigenvalue weighted by Gasteiger charge is -2.06. The molecule has 0 bridgehead atoms. The van der Waals surface area contributed by atoms with Crippen LogP contribution in [0, 0.1) is 0 Å². The number of benzene rings is 1. The molecular formula is C9H11NO4S. The third-order valence-electron chi connectivity index (χ3n) is 1.74. The van der Waals surface area contributed by atoms with Crippen molar-refractivity contribution in [2.24, 2.45) is 0 Å². The standard InChI is InChI=1S/C9H11NO4S/c1-14-8-5-3-2-4-7(8)6-9(11)10-15(12)13/h2-5H,6H2,1H3,(H,10,11)(H,12,13). The Morgan fingerprint density at radius 3 is 2.80 bits per heavy atom. The molecule has 6 heteroatoms. The zero-order valence-electron chi connectivity index (χ0n) is 8.10. The van der Waals surface area contributed by atoms with Crippen LogP contribution in [0.25, 0.3) is 0 Å². The van der Waals surface area contributed by atoms with E-state index in [4.69, 9.17) is 9.29 Å². The highest BCUT2D eigenvalue weighted by Crippen LogP contribution is 2.17. The summed E-state index contributed by atoms with van der Waals surface area (Å²) >= 11 is -2.32. The number of nitrogens with one attached hydrogen (secondary N) is 1. The predicted molar refractivity (Wildman–Crippen MR) is 55.6 cm³/mol. The van der Waals surface area contributed by atoms with Gasteiger partial charge in [0.05, 0.1) is 13.5 Å². The summed E-state index contributed by atoms with van der Waals surface area (Å²) in [6, 6.07) is 6.99. The van der Waals surface area contributed by atoms with Crippen molar-refractivity contribution in [3.05, 3.63) is 29.8 Å². The highest BCUT2D eigenvalue weighted by Gasteiger charge is 2.09. The van der Waals surface area contributed by atoms with Crippen molar-refractivity contribution < 1.29 is 18.3 Å². The van der Waals surface area contributed by atoms with E-state index in [1.807, 2.05) is 4.72 Å². The van der Waals surface area contributed by atoms with Gasteiger partial charge in [0.2, 0.25) is 5.91 Å². The SMILES string of the molecule is COc1ccccc1CC(=O)NS(=O)O. The van der Waals surface area contributed by atoms with E-state index in [-0.39, 0.29) is 6.42 Å². The molecule has 5 nitrogen and oxygen atoms in total. The van der Waals surface area contributed by atoms with Gasteiger partial charge in [-0.1, -0.05) is 18.2 Å². The number of ether oxygens (including phenoxy) is 1. The summed E-state index contributed by atoms with van der Waals surface area (Å²) in [4.78, 5) is 11.2. The van der Waals surface area contributed by atoms with E-state index in [0.29, 0.717) is 11.3 Å². The second-order valence-electron chi connectivity index (χ2n) is 2.76. The molecule has 1 aromatic rings. The van der Waals surface area contributed by atoms with Crippen LogP contribution in [0.5, 0.6) is 5.75 Å². The number of hydrogen-bond acceptors (Lipinski definition) is 3. The molecule has 0 radical (unpaired) electrons. The molecule has 0 fully saturated rings. The summed E-state index contributed by atoms with van der Waals surface area (Å²) in [7, 11) is 1.50. The van der Waals surface area contributed by atoms with Crippen molar-refractivity contribution in [2.75, 3.05) is 7.11 Å². The van der Waals surface area contributed by atoms with E-state index in [1.165, 1.54) is 7.11 Å². The first-order chi connectivity index (χ1) is 7.13. The number of hydrogen-bond donors (Lipinski definition) is 2. The van der Waals surface area contributed by atoms with Gasteiger partial charge in [-0.05, 0) is 6.07 Å². The molecule has 0 aliphatic rings. The number of methoxy groups -OCH3 is 1. The van der Waals surface area contributed by atoms with Gasteiger partial charge in [0, 0.05) is 5.56 Å². The maximum atomic E-state index is 11.2. The lowest BCUT2D eigenvalue weighted by Crippen LogP contribution is -2.26. The van der Waals surface area contributed by atoms with Crippen LogP contribution in [0.2, 0.25) is 0 Å². The highest BCUT2D eigenvalue weighted by molar-refractivity contribution is 7.77. The molecule has 1 atom stereocenters. The molecule has 1 unspecified atom stereocenters. The average Bonchev–Trinajstić information content (AvgIpc) is 2.17. The Morgan fingerprint density at radius 2 is 2.20 bits per heavy atom. The van der Waals surface area contributed by atoms with Gasteiger partial charge < -0.3 is 4.74 Å². The fourth-order valence-corrected chi connectivity index (χ4v) is 1.42. The monoisotopic (exact) mass is 229 g/mol. The Balaban J connectivity index is 2.71. The van der Waals surface area contributed by atoms with E-state index >= 15 is 0 Å². The van der Waals surface area contributed by atoms with Crippen LogP contribution < -0.4 is 9.46 Å².